The minimum absolute atomic E-state index is 0.628. The van der Waals surface area contributed by atoms with Crippen molar-refractivity contribution in [1.82, 2.24) is 9.97 Å². The van der Waals surface area contributed by atoms with Gasteiger partial charge in [0.15, 0.2) is 0 Å². The van der Waals surface area contributed by atoms with Crippen LogP contribution in [0.5, 0.6) is 11.6 Å². The predicted octanol–water partition coefficient (Wildman–Crippen LogP) is 3.44. The Morgan fingerprint density at radius 2 is 1.89 bits per heavy atom. The molecule has 2 rings (SSSR count). The maximum Gasteiger partial charge on any atom is 0.227 e. The van der Waals surface area contributed by atoms with Crippen LogP contribution in [0.4, 0.5) is 5.82 Å². The summed E-state index contributed by atoms with van der Waals surface area (Å²) in [6, 6.07) is 8.03. The van der Waals surface area contributed by atoms with Gasteiger partial charge in [-0.25, -0.2) is 9.97 Å². The topological polar surface area (TPSA) is 47.0 Å². The fraction of sp³-hybridized carbons (Fsp3) is 0.333. The van der Waals surface area contributed by atoms with E-state index in [1.54, 1.807) is 0 Å². The second-order valence-electron chi connectivity index (χ2n) is 4.17. The second-order valence-corrected chi connectivity index (χ2v) is 4.17. The lowest BCUT2D eigenvalue weighted by atomic mass is 10.1. The molecule has 19 heavy (non-hydrogen) atoms. The van der Waals surface area contributed by atoms with Gasteiger partial charge in [0.05, 0.1) is 5.56 Å². The van der Waals surface area contributed by atoms with Crippen molar-refractivity contribution in [3.05, 3.63) is 41.7 Å². The van der Waals surface area contributed by atoms with Crippen LogP contribution in [0, 0.1) is 0 Å². The maximum atomic E-state index is 5.97. The van der Waals surface area contributed by atoms with E-state index < -0.39 is 0 Å². The molecule has 1 aromatic heterocycles. The normalized spacial score (nSPS) is 10.3. The number of nitrogens with zero attached hydrogens (tertiary/aromatic N) is 2. The van der Waals surface area contributed by atoms with Crippen LogP contribution in [0.15, 0.2) is 30.6 Å². The Hall–Kier alpha value is -2.10. The first-order valence-electron chi connectivity index (χ1n) is 6.57. The highest BCUT2D eigenvalue weighted by atomic mass is 16.5. The number of aryl methyl sites for hydroxylation is 1. The van der Waals surface area contributed by atoms with Crippen molar-refractivity contribution in [2.24, 2.45) is 0 Å². The zero-order valence-electron chi connectivity index (χ0n) is 11.6. The maximum absolute atomic E-state index is 5.97. The predicted molar refractivity (Wildman–Crippen MR) is 76.9 cm³/mol. The van der Waals surface area contributed by atoms with Gasteiger partial charge in [0.2, 0.25) is 5.88 Å². The van der Waals surface area contributed by atoms with Crippen molar-refractivity contribution in [1.29, 1.82) is 0 Å². The first kappa shape index (κ1) is 13.3. The molecule has 0 unspecified atom stereocenters. The molecule has 0 bridgehead atoms. The third-order valence-corrected chi connectivity index (χ3v) is 3.06. The monoisotopic (exact) mass is 257 g/mol. The zero-order valence-corrected chi connectivity index (χ0v) is 11.6. The highest BCUT2D eigenvalue weighted by Crippen LogP contribution is 2.29. The molecule has 4 heteroatoms. The number of anilines is 1. The van der Waals surface area contributed by atoms with Crippen molar-refractivity contribution in [2.45, 2.75) is 26.7 Å². The zero-order chi connectivity index (χ0) is 13.7. The molecule has 0 amide bonds. The van der Waals surface area contributed by atoms with Gasteiger partial charge in [-0.15, -0.1) is 0 Å². The number of rotatable bonds is 5. The van der Waals surface area contributed by atoms with E-state index >= 15 is 0 Å². The summed E-state index contributed by atoms with van der Waals surface area (Å²) < 4.78 is 5.97. The Morgan fingerprint density at radius 3 is 2.58 bits per heavy atom. The van der Waals surface area contributed by atoms with Crippen molar-refractivity contribution in [3.8, 4) is 11.6 Å². The van der Waals surface area contributed by atoms with Gasteiger partial charge in [-0.3, -0.25) is 0 Å². The summed E-state index contributed by atoms with van der Waals surface area (Å²) in [6.07, 6.45) is 3.27. The molecule has 1 aromatic carbocycles. The van der Waals surface area contributed by atoms with Crippen molar-refractivity contribution < 1.29 is 4.74 Å². The molecule has 0 fully saturated rings. The first-order valence-corrected chi connectivity index (χ1v) is 6.57. The van der Waals surface area contributed by atoms with Crippen LogP contribution in [0.25, 0.3) is 0 Å². The van der Waals surface area contributed by atoms with Gasteiger partial charge in [-0.2, -0.15) is 0 Å². The van der Waals surface area contributed by atoms with E-state index in [1.807, 2.05) is 25.2 Å². The van der Waals surface area contributed by atoms with Gasteiger partial charge in [-0.1, -0.05) is 32.0 Å². The third kappa shape index (κ3) is 2.84. The molecule has 1 heterocycles. The number of hydrogen-bond acceptors (Lipinski definition) is 4. The van der Waals surface area contributed by atoms with Crippen LogP contribution < -0.4 is 10.1 Å². The second kappa shape index (κ2) is 6.18. The molecule has 2 aromatic rings. The molecule has 1 N–H and O–H groups in total. The fourth-order valence-corrected chi connectivity index (χ4v) is 2.02. The highest BCUT2D eigenvalue weighted by Gasteiger charge is 2.12. The van der Waals surface area contributed by atoms with Gasteiger partial charge in [0.1, 0.15) is 17.9 Å². The van der Waals surface area contributed by atoms with Gasteiger partial charge >= 0.3 is 0 Å². The van der Waals surface area contributed by atoms with Crippen LogP contribution in [-0.2, 0) is 12.8 Å². The fourth-order valence-electron chi connectivity index (χ4n) is 2.02. The number of ether oxygens (including phenoxy) is 1. The molecule has 0 atom stereocenters. The Labute approximate surface area is 113 Å². The van der Waals surface area contributed by atoms with Crippen molar-refractivity contribution in [2.75, 3.05) is 12.4 Å². The van der Waals surface area contributed by atoms with Crippen LogP contribution in [0.1, 0.15) is 25.0 Å². The quantitative estimate of drug-likeness (QED) is 0.891. The largest absolute Gasteiger partial charge is 0.438 e. The van der Waals surface area contributed by atoms with Crippen LogP contribution in [0.2, 0.25) is 0 Å². The summed E-state index contributed by atoms with van der Waals surface area (Å²) in [5.74, 6) is 2.31. The lowest BCUT2D eigenvalue weighted by Crippen LogP contribution is -2.03. The van der Waals surface area contributed by atoms with Gasteiger partial charge in [0.25, 0.3) is 0 Å². The Morgan fingerprint density at radius 1 is 1.11 bits per heavy atom. The molecule has 0 spiro atoms. The summed E-state index contributed by atoms with van der Waals surface area (Å²) >= 11 is 0. The molecule has 0 saturated carbocycles. The molecule has 0 radical (unpaired) electrons. The lowest BCUT2D eigenvalue weighted by Gasteiger charge is -2.13. The van der Waals surface area contributed by atoms with Gasteiger partial charge in [0, 0.05) is 7.05 Å². The third-order valence-electron chi connectivity index (χ3n) is 3.06. The number of aromatic nitrogens is 2. The highest BCUT2D eigenvalue weighted by molar-refractivity contribution is 5.49. The van der Waals surface area contributed by atoms with E-state index in [0.717, 1.165) is 30.0 Å². The van der Waals surface area contributed by atoms with Gasteiger partial charge < -0.3 is 10.1 Å². The summed E-state index contributed by atoms with van der Waals surface area (Å²) in [5.41, 5.74) is 2.17. The Kier molecular flexibility index (Phi) is 4.34. The first-order chi connectivity index (χ1) is 9.30. The molecule has 0 aliphatic heterocycles. The van der Waals surface area contributed by atoms with Crippen LogP contribution >= 0.6 is 0 Å². The van der Waals surface area contributed by atoms with E-state index in [1.165, 1.54) is 11.9 Å². The molecule has 0 aliphatic rings. The average Bonchev–Trinajstić information content (AvgIpc) is 2.47. The average molecular weight is 257 g/mol. The molecule has 100 valence electrons. The van der Waals surface area contributed by atoms with E-state index in [2.05, 4.69) is 35.2 Å². The number of hydrogen-bond donors (Lipinski definition) is 1. The van der Waals surface area contributed by atoms with Crippen LogP contribution in [-0.4, -0.2) is 17.0 Å². The van der Waals surface area contributed by atoms with Crippen molar-refractivity contribution in [3.63, 3.8) is 0 Å². The molecule has 4 nitrogen and oxygen atoms in total. The molecule has 0 aliphatic carbocycles. The minimum atomic E-state index is 0.628. The number of benzene rings is 1. The molecular weight excluding hydrogens is 238 g/mol. The number of nitrogens with one attached hydrogen (secondary N) is 1. The summed E-state index contributed by atoms with van der Waals surface area (Å²) in [5, 5.41) is 3.07. The summed E-state index contributed by atoms with van der Waals surface area (Å²) in [4.78, 5) is 8.47. The summed E-state index contributed by atoms with van der Waals surface area (Å²) in [7, 11) is 1.85. The molecular formula is C15H19N3O. The standard InChI is InChI=1S/C15H19N3O/c1-4-11-8-6-7-9-13(11)19-15-12(5-2)14(16-3)17-10-18-15/h6-10H,4-5H2,1-3H3,(H,16,17,18). The Balaban J connectivity index is 2.38. The minimum Gasteiger partial charge on any atom is -0.438 e. The van der Waals surface area contributed by atoms with E-state index in [4.69, 9.17) is 4.74 Å². The van der Waals surface area contributed by atoms with E-state index in [9.17, 15) is 0 Å². The van der Waals surface area contributed by atoms with Crippen LogP contribution in [0.3, 0.4) is 0 Å². The lowest BCUT2D eigenvalue weighted by molar-refractivity contribution is 0.450. The molecule has 0 saturated heterocycles. The Bertz CT molecular complexity index is 555. The SMILES string of the molecule is CCc1ccccc1Oc1ncnc(NC)c1CC. The van der Waals surface area contributed by atoms with Crippen molar-refractivity contribution >= 4 is 5.82 Å². The smallest absolute Gasteiger partial charge is 0.227 e. The van der Waals surface area contributed by atoms with Gasteiger partial charge in [-0.05, 0) is 24.5 Å². The summed E-state index contributed by atoms with van der Waals surface area (Å²) in [6.45, 7) is 4.18. The number of para-hydroxylation sites is 1. The van der Waals surface area contributed by atoms with E-state index in [-0.39, 0.29) is 0 Å². The van der Waals surface area contributed by atoms with E-state index in [0.29, 0.717) is 5.88 Å².